The van der Waals surface area contributed by atoms with Gasteiger partial charge < -0.3 is 7.43 Å². The van der Waals surface area contributed by atoms with Crippen molar-refractivity contribution in [3.63, 3.8) is 0 Å². The third-order valence-corrected chi connectivity index (χ3v) is 0. The molecule has 0 aromatic rings. The van der Waals surface area contributed by atoms with Gasteiger partial charge in [0.15, 0.2) is 0 Å². The first-order chi connectivity index (χ1) is 0. The molecule has 0 aliphatic heterocycles. The summed E-state index contributed by atoms with van der Waals surface area (Å²) in [5.41, 5.74) is 0. The fourth-order valence-corrected chi connectivity index (χ4v) is 0. The number of rotatable bonds is 0. The summed E-state index contributed by atoms with van der Waals surface area (Å²) >= 11 is 0. The van der Waals surface area contributed by atoms with Gasteiger partial charge in [-0.25, -0.2) is 0 Å². The minimum Gasteiger partial charge on any atom is -0.358 e. The quantitative estimate of drug-likeness (QED) is 0.438. The first kappa shape index (κ1) is 40.0. The fourth-order valence-electron chi connectivity index (χ4n) is 0. The summed E-state index contributed by atoms with van der Waals surface area (Å²) in [6.45, 7) is 0. The predicted octanol–water partition coefficient (Wildman–Crippen LogP) is 0.0620. The van der Waals surface area contributed by atoms with E-state index in [1.165, 1.54) is 0 Å². The molecule has 0 aromatic heterocycles. The van der Waals surface area contributed by atoms with Gasteiger partial charge in [0.2, 0.25) is 0 Å². The van der Waals surface area contributed by atoms with Crippen LogP contribution in [0.25, 0.3) is 0 Å². The van der Waals surface area contributed by atoms with Crippen LogP contribution in [0.15, 0.2) is 0 Å². The maximum absolute atomic E-state index is 0. The van der Waals surface area contributed by atoms with E-state index in [2.05, 4.69) is 0 Å². The van der Waals surface area contributed by atoms with Gasteiger partial charge in [0, 0.05) is 107 Å². The van der Waals surface area contributed by atoms with Gasteiger partial charge in [-0.05, 0) is 0 Å². The Morgan fingerprint density at radius 3 is 0.600 bits per heavy atom. The maximum Gasteiger partial charge on any atom is 0 e. The smallest absolute Gasteiger partial charge is 0 e. The van der Waals surface area contributed by atoms with E-state index in [1.807, 2.05) is 0 Å². The fraction of sp³-hybridized carbons (Fsp3) is 0. The molecule has 0 spiro atoms. The summed E-state index contributed by atoms with van der Waals surface area (Å²) in [5, 5.41) is 0. The molecule has 0 nitrogen and oxygen atoms in total. The minimum atomic E-state index is 0. The Labute approximate surface area is 111 Å². The van der Waals surface area contributed by atoms with Crippen LogP contribution < -0.4 is 0 Å². The van der Waals surface area contributed by atoms with Gasteiger partial charge >= 0.3 is 0 Å². The largest absolute Gasteiger partial charge is 0.358 e. The Balaban J connectivity index is 0. The Morgan fingerprint density at radius 2 is 0.600 bits per heavy atom. The number of hydrogen-bond acceptors (Lipinski definition) is 0. The molecule has 0 saturated carbocycles. The molecule has 0 aliphatic rings. The Bertz CT molecular complexity index is 6.85. The van der Waals surface area contributed by atoms with Crippen LogP contribution in [0, 0.1) is 7.43 Å². The van der Waals surface area contributed by atoms with Crippen LogP contribution in [0.2, 0.25) is 0 Å². The standard InChI is InChI=1S/CH3.B.3Y/h1H3;;;;/q-1;;;;. The molecule has 0 fully saturated rings. The van der Waals surface area contributed by atoms with E-state index in [4.69, 9.17) is 0 Å². The van der Waals surface area contributed by atoms with Crippen molar-refractivity contribution in [3.05, 3.63) is 7.43 Å². The van der Waals surface area contributed by atoms with Crippen molar-refractivity contribution < 1.29 is 98.1 Å². The second kappa shape index (κ2) is 26.3. The molecule has 20 valence electrons. The zero-order chi connectivity index (χ0) is 0. The third kappa shape index (κ3) is 18.7. The molecular weight excluding hydrogens is 290 g/mol. The minimum absolute atomic E-state index is 0. The molecule has 0 saturated heterocycles. The molecule has 0 N–H and O–H groups in total. The molecule has 0 heterocycles. The van der Waals surface area contributed by atoms with Crippen molar-refractivity contribution >= 4 is 8.41 Å². The van der Waals surface area contributed by atoms with E-state index in [9.17, 15) is 0 Å². The van der Waals surface area contributed by atoms with E-state index < -0.39 is 0 Å². The van der Waals surface area contributed by atoms with E-state index in [-0.39, 0.29) is 114 Å². The summed E-state index contributed by atoms with van der Waals surface area (Å²) in [5.74, 6) is 0. The SMILES string of the molecule is [B].[CH3-].[Y].[Y].[Y]. The maximum atomic E-state index is 0. The Hall–Kier alpha value is 3.38. The zero-order valence-electron chi connectivity index (χ0n) is 3.31. The second-order valence-corrected chi connectivity index (χ2v) is 0. The second-order valence-electron chi connectivity index (χ2n) is 0. The van der Waals surface area contributed by atoms with Crippen molar-refractivity contribution in [2.24, 2.45) is 0 Å². The summed E-state index contributed by atoms with van der Waals surface area (Å²) in [6.07, 6.45) is 0. The van der Waals surface area contributed by atoms with E-state index in [1.54, 1.807) is 0 Å². The van der Waals surface area contributed by atoms with E-state index in [0.717, 1.165) is 0 Å². The first-order valence-electron chi connectivity index (χ1n) is 0. The predicted molar refractivity (Wildman–Crippen MR) is 12.2 cm³/mol. The van der Waals surface area contributed by atoms with Crippen LogP contribution >= 0.6 is 0 Å². The van der Waals surface area contributed by atoms with Crippen LogP contribution in [0.4, 0.5) is 0 Å². The monoisotopic (exact) mass is 293 g/mol. The Kier molecular flexibility index (Phi) is 210. The molecule has 6 radical (unpaired) electrons. The Morgan fingerprint density at radius 1 is 0.600 bits per heavy atom. The summed E-state index contributed by atoms with van der Waals surface area (Å²) in [6, 6.07) is 0. The van der Waals surface area contributed by atoms with Crippen molar-refractivity contribution in [3.8, 4) is 0 Å². The summed E-state index contributed by atoms with van der Waals surface area (Å²) in [7, 11) is 0. The summed E-state index contributed by atoms with van der Waals surface area (Å²) in [4.78, 5) is 0. The third-order valence-electron chi connectivity index (χ3n) is 0. The van der Waals surface area contributed by atoms with Crippen molar-refractivity contribution in [2.45, 2.75) is 0 Å². The van der Waals surface area contributed by atoms with Crippen molar-refractivity contribution in [1.29, 1.82) is 0 Å². The first-order valence-corrected chi connectivity index (χ1v) is 0. The van der Waals surface area contributed by atoms with Crippen LogP contribution in [0.5, 0.6) is 0 Å². The van der Waals surface area contributed by atoms with Gasteiger partial charge in [-0.15, -0.1) is 0 Å². The molecule has 5 heavy (non-hydrogen) atoms. The summed E-state index contributed by atoms with van der Waals surface area (Å²) < 4.78 is 0. The van der Waals surface area contributed by atoms with Crippen LogP contribution in [0.3, 0.4) is 0 Å². The van der Waals surface area contributed by atoms with Gasteiger partial charge in [-0.3, -0.25) is 0 Å². The average molecular weight is 293 g/mol. The zero-order valence-corrected chi connectivity index (χ0v) is 11.8. The van der Waals surface area contributed by atoms with Gasteiger partial charge in [-0.1, -0.05) is 0 Å². The molecule has 4 heteroatoms. The molecule has 0 bridgehead atoms. The topological polar surface area (TPSA) is 0 Å². The van der Waals surface area contributed by atoms with Crippen molar-refractivity contribution in [2.75, 3.05) is 0 Å². The molecular formula is CH3BY3-. The molecule has 0 aliphatic carbocycles. The normalized spacial score (nSPS) is 0. The van der Waals surface area contributed by atoms with E-state index >= 15 is 0 Å². The van der Waals surface area contributed by atoms with Crippen LogP contribution in [-0.2, 0) is 98.1 Å². The van der Waals surface area contributed by atoms with Gasteiger partial charge in [-0.2, -0.15) is 0 Å². The molecule has 0 aromatic carbocycles. The molecule has 0 unspecified atom stereocenters. The molecule has 0 amide bonds. The number of hydrogen-bond donors (Lipinski definition) is 0. The average Bonchev–Trinajstić information content (AvgIpc) is 0. The van der Waals surface area contributed by atoms with Gasteiger partial charge in [0.25, 0.3) is 0 Å². The van der Waals surface area contributed by atoms with Crippen molar-refractivity contribution in [1.82, 2.24) is 0 Å². The van der Waals surface area contributed by atoms with Gasteiger partial charge in [0.1, 0.15) is 0 Å². The molecule has 0 atom stereocenters. The van der Waals surface area contributed by atoms with Gasteiger partial charge in [0.05, 0.1) is 0 Å². The molecule has 0 rings (SSSR count). The van der Waals surface area contributed by atoms with Crippen LogP contribution in [0.1, 0.15) is 0 Å². The van der Waals surface area contributed by atoms with E-state index in [0.29, 0.717) is 0 Å². The van der Waals surface area contributed by atoms with Crippen LogP contribution in [-0.4, -0.2) is 8.41 Å².